The molecule has 0 atom stereocenters. The first-order chi connectivity index (χ1) is 9.70. The minimum Gasteiger partial charge on any atom is -0.468 e. The van der Waals surface area contributed by atoms with Crippen LogP contribution in [-0.2, 0) is 26.7 Å². The van der Waals surface area contributed by atoms with Crippen molar-refractivity contribution in [3.05, 3.63) is 41.9 Å². The Morgan fingerprint density at radius 1 is 1.40 bits per heavy atom. The first-order valence-corrected chi connectivity index (χ1v) is 7.11. The predicted molar refractivity (Wildman–Crippen MR) is 79.1 cm³/mol. The molecule has 2 aromatic rings. The molecule has 110 valence electrons. The average Bonchev–Trinajstić information content (AvgIpc) is 3.01. The number of nitrogens with zero attached hydrogens (tertiary/aromatic N) is 3. The fourth-order valence-corrected chi connectivity index (χ4v) is 2.15. The summed E-state index contributed by atoms with van der Waals surface area (Å²) >= 11 is 0. The molecule has 0 aliphatic carbocycles. The maximum Gasteiger partial charge on any atom is 0.122 e. The molecule has 5 nitrogen and oxygen atoms in total. The first-order valence-electron chi connectivity index (χ1n) is 7.11. The van der Waals surface area contributed by atoms with Crippen molar-refractivity contribution >= 4 is 0 Å². The molecule has 0 saturated carbocycles. The summed E-state index contributed by atoms with van der Waals surface area (Å²) in [5.41, 5.74) is 1.24. The smallest absolute Gasteiger partial charge is 0.122 e. The SMILES string of the molecule is CCCNCc1ccoc1CN(C)Cc1nccn1C. The number of nitrogens with one attached hydrogen (secondary N) is 1. The van der Waals surface area contributed by atoms with E-state index in [1.165, 1.54) is 5.56 Å². The fourth-order valence-electron chi connectivity index (χ4n) is 2.15. The zero-order valence-corrected chi connectivity index (χ0v) is 12.6. The standard InChI is InChI=1S/C15H24N4O/c1-4-6-16-10-13-5-9-20-14(13)11-18(2)12-15-17-7-8-19(15)3/h5,7-9,16H,4,6,10-12H2,1-3H3. The topological polar surface area (TPSA) is 46.2 Å². The lowest BCUT2D eigenvalue weighted by atomic mass is 10.2. The number of aromatic nitrogens is 2. The van der Waals surface area contributed by atoms with Crippen molar-refractivity contribution in [2.24, 2.45) is 7.05 Å². The lowest BCUT2D eigenvalue weighted by Crippen LogP contribution is -2.21. The second-order valence-corrected chi connectivity index (χ2v) is 5.17. The van der Waals surface area contributed by atoms with Crippen LogP contribution in [0.5, 0.6) is 0 Å². The summed E-state index contributed by atoms with van der Waals surface area (Å²) in [5.74, 6) is 2.09. The van der Waals surface area contributed by atoms with Crippen molar-refractivity contribution in [3.8, 4) is 0 Å². The number of aryl methyl sites for hydroxylation is 1. The van der Waals surface area contributed by atoms with Crippen molar-refractivity contribution in [3.63, 3.8) is 0 Å². The number of imidazole rings is 1. The Balaban J connectivity index is 1.89. The molecule has 0 spiro atoms. The maximum atomic E-state index is 5.61. The van der Waals surface area contributed by atoms with E-state index in [4.69, 9.17) is 4.42 Å². The molecule has 0 aromatic carbocycles. The monoisotopic (exact) mass is 276 g/mol. The van der Waals surface area contributed by atoms with Gasteiger partial charge in [0.15, 0.2) is 0 Å². The van der Waals surface area contributed by atoms with E-state index in [1.54, 1.807) is 6.26 Å². The van der Waals surface area contributed by atoms with E-state index in [0.717, 1.165) is 44.2 Å². The highest BCUT2D eigenvalue weighted by Crippen LogP contribution is 2.13. The van der Waals surface area contributed by atoms with Gasteiger partial charge in [-0.25, -0.2) is 4.98 Å². The van der Waals surface area contributed by atoms with Gasteiger partial charge in [-0.1, -0.05) is 6.92 Å². The Morgan fingerprint density at radius 2 is 2.25 bits per heavy atom. The molecule has 20 heavy (non-hydrogen) atoms. The number of furan rings is 1. The van der Waals surface area contributed by atoms with Gasteiger partial charge in [0.1, 0.15) is 11.6 Å². The van der Waals surface area contributed by atoms with Crippen molar-refractivity contribution in [1.82, 2.24) is 19.8 Å². The van der Waals surface area contributed by atoms with Gasteiger partial charge in [-0.3, -0.25) is 4.90 Å². The van der Waals surface area contributed by atoms with Crippen LogP contribution in [0.3, 0.4) is 0 Å². The molecule has 0 saturated heterocycles. The summed E-state index contributed by atoms with van der Waals surface area (Å²) in [6.45, 7) is 5.68. The summed E-state index contributed by atoms with van der Waals surface area (Å²) < 4.78 is 7.65. The highest BCUT2D eigenvalue weighted by atomic mass is 16.3. The third-order valence-electron chi connectivity index (χ3n) is 3.33. The normalized spacial score (nSPS) is 11.4. The van der Waals surface area contributed by atoms with E-state index in [2.05, 4.69) is 29.2 Å². The van der Waals surface area contributed by atoms with Crippen molar-refractivity contribution in [1.29, 1.82) is 0 Å². The van der Waals surface area contributed by atoms with Crippen LogP contribution in [0.15, 0.2) is 29.1 Å². The molecule has 0 amide bonds. The second kappa shape index (κ2) is 7.26. The van der Waals surface area contributed by atoms with Gasteiger partial charge in [0.05, 0.1) is 19.4 Å². The molecule has 5 heteroatoms. The molecule has 0 aliphatic rings. The third-order valence-corrected chi connectivity index (χ3v) is 3.33. The molecular formula is C15H24N4O. The first kappa shape index (κ1) is 14.8. The van der Waals surface area contributed by atoms with Crippen LogP contribution >= 0.6 is 0 Å². The van der Waals surface area contributed by atoms with E-state index >= 15 is 0 Å². The zero-order chi connectivity index (χ0) is 14.4. The Hall–Kier alpha value is -1.59. The molecule has 2 aromatic heterocycles. The summed E-state index contributed by atoms with van der Waals surface area (Å²) in [6, 6.07) is 2.05. The second-order valence-electron chi connectivity index (χ2n) is 5.17. The summed E-state index contributed by atoms with van der Waals surface area (Å²) in [6.07, 6.45) is 6.71. The van der Waals surface area contributed by atoms with Gasteiger partial charge < -0.3 is 14.3 Å². The van der Waals surface area contributed by atoms with Crippen LogP contribution in [0, 0.1) is 0 Å². The van der Waals surface area contributed by atoms with Crippen LogP contribution in [0.2, 0.25) is 0 Å². The molecule has 0 aliphatic heterocycles. The van der Waals surface area contributed by atoms with E-state index < -0.39 is 0 Å². The number of hydrogen-bond acceptors (Lipinski definition) is 4. The number of rotatable bonds is 8. The summed E-state index contributed by atoms with van der Waals surface area (Å²) in [4.78, 5) is 6.56. The van der Waals surface area contributed by atoms with Gasteiger partial charge in [0, 0.05) is 31.5 Å². The molecule has 0 fully saturated rings. The minimum absolute atomic E-state index is 0.795. The zero-order valence-electron chi connectivity index (χ0n) is 12.6. The van der Waals surface area contributed by atoms with Crippen molar-refractivity contribution < 1.29 is 4.42 Å². The van der Waals surface area contributed by atoms with Crippen LogP contribution in [0.1, 0.15) is 30.5 Å². The van der Waals surface area contributed by atoms with Crippen LogP contribution in [0.4, 0.5) is 0 Å². The Kier molecular flexibility index (Phi) is 5.38. The van der Waals surface area contributed by atoms with E-state index in [9.17, 15) is 0 Å². The quantitative estimate of drug-likeness (QED) is 0.750. The lowest BCUT2D eigenvalue weighted by Gasteiger charge is -2.16. The maximum absolute atomic E-state index is 5.61. The molecule has 1 N–H and O–H groups in total. The molecule has 2 rings (SSSR count). The van der Waals surface area contributed by atoms with Crippen molar-refractivity contribution in [2.75, 3.05) is 13.6 Å². The van der Waals surface area contributed by atoms with Crippen LogP contribution < -0.4 is 5.32 Å². The highest BCUT2D eigenvalue weighted by molar-refractivity contribution is 5.16. The summed E-state index contributed by atoms with van der Waals surface area (Å²) in [7, 11) is 4.10. The molecular weight excluding hydrogens is 252 g/mol. The Labute approximate surface area is 120 Å². The summed E-state index contributed by atoms with van der Waals surface area (Å²) in [5, 5.41) is 3.41. The number of hydrogen-bond donors (Lipinski definition) is 1. The van der Waals surface area contributed by atoms with Gasteiger partial charge in [-0.05, 0) is 26.1 Å². The predicted octanol–water partition coefficient (Wildman–Crippen LogP) is 2.14. The van der Waals surface area contributed by atoms with Gasteiger partial charge in [0.2, 0.25) is 0 Å². The minimum atomic E-state index is 0.795. The molecule has 0 radical (unpaired) electrons. The van der Waals surface area contributed by atoms with Crippen LogP contribution in [0.25, 0.3) is 0 Å². The average molecular weight is 276 g/mol. The van der Waals surface area contributed by atoms with Gasteiger partial charge >= 0.3 is 0 Å². The van der Waals surface area contributed by atoms with Crippen molar-refractivity contribution in [2.45, 2.75) is 33.0 Å². The molecule has 0 bridgehead atoms. The lowest BCUT2D eigenvalue weighted by molar-refractivity contribution is 0.277. The van der Waals surface area contributed by atoms with E-state index in [1.807, 2.05) is 30.1 Å². The Bertz CT molecular complexity index is 517. The van der Waals surface area contributed by atoms with Gasteiger partial charge in [-0.2, -0.15) is 0 Å². The van der Waals surface area contributed by atoms with E-state index in [0.29, 0.717) is 0 Å². The third kappa shape index (κ3) is 3.95. The van der Waals surface area contributed by atoms with Gasteiger partial charge in [-0.15, -0.1) is 0 Å². The van der Waals surface area contributed by atoms with Gasteiger partial charge in [0.25, 0.3) is 0 Å². The largest absolute Gasteiger partial charge is 0.468 e. The Morgan fingerprint density at radius 3 is 2.95 bits per heavy atom. The fraction of sp³-hybridized carbons (Fsp3) is 0.533. The highest BCUT2D eigenvalue weighted by Gasteiger charge is 2.11. The van der Waals surface area contributed by atoms with E-state index in [-0.39, 0.29) is 0 Å². The molecule has 2 heterocycles. The van der Waals surface area contributed by atoms with Crippen LogP contribution in [-0.4, -0.2) is 28.0 Å². The molecule has 0 unspecified atom stereocenters.